The smallest absolute Gasteiger partial charge is 0.0596 e. The van der Waals surface area contributed by atoms with Crippen LogP contribution in [0, 0.1) is 5.92 Å². The van der Waals surface area contributed by atoms with Gasteiger partial charge in [-0.1, -0.05) is 40.0 Å². The van der Waals surface area contributed by atoms with Gasteiger partial charge in [0.25, 0.3) is 0 Å². The first kappa shape index (κ1) is 12.0. The van der Waals surface area contributed by atoms with Crippen LogP contribution < -0.4 is 0 Å². The maximum Gasteiger partial charge on any atom is 0.0596 e. The zero-order valence-corrected chi connectivity index (χ0v) is 9.10. The second-order valence-electron chi connectivity index (χ2n) is 3.68. The lowest BCUT2D eigenvalue weighted by Gasteiger charge is -2.21. The lowest BCUT2D eigenvalue weighted by Crippen LogP contribution is -2.20. The summed E-state index contributed by atoms with van der Waals surface area (Å²) in [4.78, 5) is 0. The van der Waals surface area contributed by atoms with Gasteiger partial charge in [0.1, 0.15) is 0 Å². The minimum atomic E-state index is 0.488. The van der Waals surface area contributed by atoms with E-state index in [2.05, 4.69) is 20.8 Å². The summed E-state index contributed by atoms with van der Waals surface area (Å²) in [6.07, 6.45) is 6.88. The maximum atomic E-state index is 5.45. The highest BCUT2D eigenvalue weighted by Gasteiger charge is 2.14. The van der Waals surface area contributed by atoms with Crippen molar-refractivity contribution in [3.05, 3.63) is 0 Å². The number of unbranched alkanes of at least 4 members (excludes halogenated alkanes) is 1. The Morgan fingerprint density at radius 3 is 2.17 bits per heavy atom. The zero-order valence-electron chi connectivity index (χ0n) is 9.10. The van der Waals surface area contributed by atoms with Crippen molar-refractivity contribution in [2.24, 2.45) is 5.92 Å². The minimum Gasteiger partial charge on any atom is -0.381 e. The van der Waals surface area contributed by atoms with E-state index in [1.807, 2.05) is 7.11 Å². The monoisotopic (exact) mass is 172 g/mol. The quantitative estimate of drug-likeness (QED) is 0.570. The van der Waals surface area contributed by atoms with E-state index in [0.29, 0.717) is 6.10 Å². The summed E-state index contributed by atoms with van der Waals surface area (Å²) < 4.78 is 5.45. The number of methoxy groups -OCH3 is 1. The lowest BCUT2D eigenvalue weighted by atomic mass is 9.95. The number of hydrogen-bond acceptors (Lipinski definition) is 1. The summed E-state index contributed by atoms with van der Waals surface area (Å²) in [7, 11) is 1.84. The minimum absolute atomic E-state index is 0.488. The van der Waals surface area contributed by atoms with Gasteiger partial charge < -0.3 is 4.74 Å². The second kappa shape index (κ2) is 7.60. The van der Waals surface area contributed by atoms with Crippen molar-refractivity contribution in [2.75, 3.05) is 7.11 Å². The molecule has 2 unspecified atom stereocenters. The third-order valence-electron chi connectivity index (χ3n) is 2.52. The van der Waals surface area contributed by atoms with Crippen LogP contribution in [0.5, 0.6) is 0 Å². The summed E-state index contributed by atoms with van der Waals surface area (Å²) in [5.74, 6) is 0.731. The van der Waals surface area contributed by atoms with Crippen molar-refractivity contribution in [2.45, 2.75) is 59.0 Å². The van der Waals surface area contributed by atoms with Crippen LogP contribution in [0.15, 0.2) is 0 Å². The molecule has 0 aliphatic carbocycles. The topological polar surface area (TPSA) is 9.23 Å². The van der Waals surface area contributed by atoms with Crippen LogP contribution in [0.4, 0.5) is 0 Å². The average Bonchev–Trinajstić information content (AvgIpc) is 2.10. The molecule has 0 saturated heterocycles. The average molecular weight is 172 g/mol. The van der Waals surface area contributed by atoms with E-state index < -0.39 is 0 Å². The molecule has 0 aromatic carbocycles. The van der Waals surface area contributed by atoms with Crippen molar-refractivity contribution in [1.82, 2.24) is 0 Å². The number of rotatable bonds is 7. The van der Waals surface area contributed by atoms with Crippen molar-refractivity contribution < 1.29 is 4.74 Å². The summed E-state index contributed by atoms with van der Waals surface area (Å²) in [6, 6.07) is 0. The van der Waals surface area contributed by atoms with E-state index in [4.69, 9.17) is 4.74 Å². The van der Waals surface area contributed by atoms with Crippen LogP contribution in [0.1, 0.15) is 52.9 Å². The second-order valence-corrected chi connectivity index (χ2v) is 3.68. The zero-order chi connectivity index (χ0) is 9.40. The molecule has 0 fully saturated rings. The molecule has 0 aromatic heterocycles. The van der Waals surface area contributed by atoms with Crippen molar-refractivity contribution >= 4 is 0 Å². The molecule has 0 aliphatic heterocycles. The summed E-state index contributed by atoms with van der Waals surface area (Å²) in [5, 5.41) is 0. The van der Waals surface area contributed by atoms with Gasteiger partial charge >= 0.3 is 0 Å². The molecule has 0 N–H and O–H groups in total. The third kappa shape index (κ3) is 4.76. The van der Waals surface area contributed by atoms with Crippen molar-refractivity contribution in [3.63, 3.8) is 0 Å². The van der Waals surface area contributed by atoms with Gasteiger partial charge in [-0.2, -0.15) is 0 Å². The van der Waals surface area contributed by atoms with Gasteiger partial charge in [-0.25, -0.2) is 0 Å². The molecule has 0 rings (SSSR count). The molecule has 1 nitrogen and oxygen atoms in total. The molecule has 0 radical (unpaired) electrons. The fourth-order valence-corrected chi connectivity index (χ4v) is 1.63. The highest BCUT2D eigenvalue weighted by atomic mass is 16.5. The molecule has 1 heteroatoms. The Kier molecular flexibility index (Phi) is 7.58. The van der Waals surface area contributed by atoms with Gasteiger partial charge in [-0.15, -0.1) is 0 Å². The lowest BCUT2D eigenvalue weighted by molar-refractivity contribution is 0.0473. The summed E-state index contributed by atoms with van der Waals surface area (Å²) in [5.41, 5.74) is 0. The van der Waals surface area contributed by atoms with Gasteiger partial charge in [0.2, 0.25) is 0 Å². The molecular weight excluding hydrogens is 148 g/mol. The van der Waals surface area contributed by atoms with E-state index in [1.165, 1.54) is 32.1 Å². The Bertz CT molecular complexity index is 91.0. The Hall–Kier alpha value is -0.0400. The van der Waals surface area contributed by atoms with Crippen molar-refractivity contribution in [1.29, 1.82) is 0 Å². The van der Waals surface area contributed by atoms with Gasteiger partial charge in [-0.3, -0.25) is 0 Å². The molecule has 0 amide bonds. The highest BCUT2D eigenvalue weighted by molar-refractivity contribution is 4.65. The van der Waals surface area contributed by atoms with Crippen LogP contribution in [0.3, 0.4) is 0 Å². The molecule has 0 spiro atoms. The highest BCUT2D eigenvalue weighted by Crippen LogP contribution is 2.18. The summed E-state index contributed by atoms with van der Waals surface area (Å²) >= 11 is 0. The van der Waals surface area contributed by atoms with E-state index in [1.54, 1.807) is 0 Å². The van der Waals surface area contributed by atoms with E-state index >= 15 is 0 Å². The molecular formula is C11H24O. The fourth-order valence-electron chi connectivity index (χ4n) is 1.63. The van der Waals surface area contributed by atoms with E-state index in [9.17, 15) is 0 Å². The van der Waals surface area contributed by atoms with Crippen molar-refractivity contribution in [3.8, 4) is 0 Å². The molecule has 0 saturated carbocycles. The molecule has 0 heterocycles. The van der Waals surface area contributed by atoms with Gasteiger partial charge in [0.05, 0.1) is 6.10 Å². The van der Waals surface area contributed by atoms with Gasteiger partial charge in [0.15, 0.2) is 0 Å². The Morgan fingerprint density at radius 1 is 1.08 bits per heavy atom. The molecule has 0 bridgehead atoms. The van der Waals surface area contributed by atoms with Crippen LogP contribution >= 0.6 is 0 Å². The predicted octanol–water partition coefficient (Wildman–Crippen LogP) is 3.63. The molecule has 74 valence electrons. The first-order valence-electron chi connectivity index (χ1n) is 5.29. The first-order valence-corrected chi connectivity index (χ1v) is 5.29. The van der Waals surface area contributed by atoms with Crippen LogP contribution in [-0.2, 0) is 4.74 Å². The van der Waals surface area contributed by atoms with E-state index in [0.717, 1.165) is 5.92 Å². The number of ether oxygens (including phenoxy) is 1. The summed E-state index contributed by atoms with van der Waals surface area (Å²) in [6.45, 7) is 6.77. The van der Waals surface area contributed by atoms with Crippen LogP contribution in [0.2, 0.25) is 0 Å². The third-order valence-corrected chi connectivity index (χ3v) is 2.52. The molecule has 0 aliphatic rings. The fraction of sp³-hybridized carbons (Fsp3) is 1.00. The van der Waals surface area contributed by atoms with E-state index in [-0.39, 0.29) is 0 Å². The predicted molar refractivity (Wildman–Crippen MR) is 54.4 cm³/mol. The molecule has 2 atom stereocenters. The molecule has 0 aromatic rings. The molecule has 12 heavy (non-hydrogen) atoms. The normalized spacial score (nSPS) is 16.0. The van der Waals surface area contributed by atoms with Crippen LogP contribution in [0.25, 0.3) is 0 Å². The maximum absolute atomic E-state index is 5.45. The Balaban J connectivity index is 3.60. The Morgan fingerprint density at radius 2 is 1.75 bits per heavy atom. The van der Waals surface area contributed by atoms with Crippen LogP contribution in [-0.4, -0.2) is 13.2 Å². The van der Waals surface area contributed by atoms with Gasteiger partial charge in [-0.05, 0) is 18.8 Å². The number of hydrogen-bond donors (Lipinski definition) is 0. The standard InChI is InChI=1S/C11H24O/c1-5-7-9-10(3)11(12-4)8-6-2/h10-11H,5-9H2,1-4H3. The van der Waals surface area contributed by atoms with Gasteiger partial charge in [0, 0.05) is 7.11 Å². The largest absolute Gasteiger partial charge is 0.381 e. The Labute approximate surface area is 77.5 Å². The SMILES string of the molecule is CCCCC(C)C(CCC)OC. The first-order chi connectivity index (χ1) is 5.76.